The highest BCUT2D eigenvalue weighted by Crippen LogP contribution is 2.35. The van der Waals surface area contributed by atoms with Crippen LogP contribution in [0.2, 0.25) is 0 Å². The van der Waals surface area contributed by atoms with Crippen LogP contribution in [0.1, 0.15) is 36.5 Å². The normalized spacial score (nSPS) is 14.9. The van der Waals surface area contributed by atoms with E-state index < -0.39 is 11.8 Å². The topological polar surface area (TPSA) is 98.9 Å². The molecule has 2 aromatic carbocycles. The van der Waals surface area contributed by atoms with Crippen LogP contribution in [0, 0.1) is 6.92 Å². The number of halogens is 1. The monoisotopic (exact) mass is 532 g/mol. The number of carbonyl (C=O) groups excluding carboxylic acids is 3. The maximum absolute atomic E-state index is 12.9. The lowest BCUT2D eigenvalue weighted by Gasteiger charge is -2.17. The highest BCUT2D eigenvalue weighted by molar-refractivity contribution is 9.10. The van der Waals surface area contributed by atoms with Gasteiger partial charge in [-0.2, -0.15) is 0 Å². The third-order valence-electron chi connectivity index (χ3n) is 4.87. The predicted octanol–water partition coefficient (Wildman–Crippen LogP) is 4.86. The maximum atomic E-state index is 12.9. The second-order valence-electron chi connectivity index (χ2n) is 7.81. The van der Waals surface area contributed by atoms with Gasteiger partial charge < -0.3 is 15.2 Å². The summed E-state index contributed by atoms with van der Waals surface area (Å²) in [5.74, 6) is 0.420. The van der Waals surface area contributed by atoms with Crippen molar-refractivity contribution in [2.45, 2.75) is 26.7 Å². The van der Waals surface area contributed by atoms with Gasteiger partial charge in [-0.3, -0.25) is 19.3 Å². The molecule has 1 heterocycles. The molecule has 0 aliphatic carbocycles. The van der Waals surface area contributed by atoms with Crippen LogP contribution < -0.4 is 15.2 Å². The third-order valence-corrected chi connectivity index (χ3v) is 6.27. The van der Waals surface area contributed by atoms with Crippen molar-refractivity contribution >= 4 is 50.8 Å². The highest BCUT2D eigenvalue weighted by Gasteiger charge is 2.35. The van der Waals surface area contributed by atoms with Gasteiger partial charge in [-0.15, -0.1) is 0 Å². The molecular weight excluding hydrogens is 508 g/mol. The minimum atomic E-state index is -0.613. The summed E-state index contributed by atoms with van der Waals surface area (Å²) in [5.41, 5.74) is 7.86. The van der Waals surface area contributed by atoms with Crippen LogP contribution in [0.25, 0.3) is 6.08 Å². The quantitative estimate of drug-likeness (QED) is 0.463. The van der Waals surface area contributed by atoms with Crippen LogP contribution in [0.5, 0.6) is 11.5 Å². The van der Waals surface area contributed by atoms with Gasteiger partial charge in [-0.1, -0.05) is 41.9 Å². The van der Waals surface area contributed by atoms with Crippen molar-refractivity contribution in [3.8, 4) is 11.5 Å². The fourth-order valence-corrected chi connectivity index (χ4v) is 4.47. The van der Waals surface area contributed by atoms with Crippen LogP contribution >= 0.6 is 27.7 Å². The Hall–Kier alpha value is -2.78. The zero-order chi connectivity index (χ0) is 24.1. The summed E-state index contributed by atoms with van der Waals surface area (Å²) in [4.78, 5) is 37.9. The Morgan fingerprint density at radius 3 is 2.61 bits per heavy atom. The minimum absolute atomic E-state index is 0.136. The second-order valence-corrected chi connectivity index (χ2v) is 9.72. The molecule has 1 saturated heterocycles. The Morgan fingerprint density at radius 1 is 1.15 bits per heavy atom. The van der Waals surface area contributed by atoms with Crippen molar-refractivity contribution < 1.29 is 23.9 Å². The molecule has 3 rings (SSSR count). The molecule has 1 aliphatic rings. The second kappa shape index (κ2) is 10.9. The van der Waals surface area contributed by atoms with Crippen molar-refractivity contribution in [2.75, 3.05) is 19.8 Å². The van der Waals surface area contributed by atoms with Gasteiger partial charge in [0.2, 0.25) is 0 Å². The Kier molecular flexibility index (Phi) is 8.20. The number of thioether (sulfide) groups is 1. The summed E-state index contributed by atoms with van der Waals surface area (Å²) in [7, 11) is 0. The number of nitrogens with two attached hydrogens (primary N) is 1. The number of primary amides is 1. The van der Waals surface area contributed by atoms with Crippen molar-refractivity contribution in [1.29, 1.82) is 0 Å². The molecule has 2 N–H and O–H groups in total. The van der Waals surface area contributed by atoms with Crippen molar-refractivity contribution in [1.82, 2.24) is 4.90 Å². The summed E-state index contributed by atoms with van der Waals surface area (Å²) >= 11 is 4.23. The van der Waals surface area contributed by atoms with E-state index in [1.54, 1.807) is 24.3 Å². The first-order chi connectivity index (χ1) is 15.7. The number of amides is 3. The number of benzene rings is 2. The molecule has 0 unspecified atom stereocenters. The number of hydrogen-bond acceptors (Lipinski definition) is 6. The highest BCUT2D eigenvalue weighted by atomic mass is 79.9. The lowest BCUT2D eigenvalue weighted by atomic mass is 10.0. The van der Waals surface area contributed by atoms with Gasteiger partial charge in [0.1, 0.15) is 18.1 Å². The minimum Gasteiger partial charge on any atom is -0.491 e. The lowest BCUT2D eigenvalue weighted by molar-refractivity contribution is -0.123. The SMILES string of the molecule is Cc1ccc(C(C)C)c(OCCN2C(=O)S/C(=C\c3cc(Br)ccc3OCC(N)=O)C2=O)c1. The van der Waals surface area contributed by atoms with Gasteiger partial charge in [-0.05, 0) is 66.1 Å². The van der Waals surface area contributed by atoms with E-state index in [1.807, 2.05) is 25.1 Å². The summed E-state index contributed by atoms with van der Waals surface area (Å²) in [5, 5.41) is -0.363. The molecule has 174 valence electrons. The molecule has 0 aromatic heterocycles. The zero-order valence-electron chi connectivity index (χ0n) is 18.6. The molecule has 7 nitrogen and oxygen atoms in total. The van der Waals surface area contributed by atoms with Crippen LogP contribution in [0.15, 0.2) is 45.8 Å². The van der Waals surface area contributed by atoms with E-state index in [-0.39, 0.29) is 35.8 Å². The van der Waals surface area contributed by atoms with E-state index in [4.69, 9.17) is 15.2 Å². The third kappa shape index (κ3) is 6.39. The summed E-state index contributed by atoms with van der Waals surface area (Å²) in [6.45, 7) is 6.19. The molecular formula is C24H25BrN2O5S. The molecule has 0 atom stereocenters. The molecule has 1 aliphatic heterocycles. The van der Waals surface area contributed by atoms with E-state index in [1.165, 1.54) is 4.90 Å². The van der Waals surface area contributed by atoms with Crippen LogP contribution in [0.3, 0.4) is 0 Å². The molecule has 2 aromatic rings. The molecule has 0 saturated carbocycles. The number of hydrogen-bond donors (Lipinski definition) is 1. The summed E-state index contributed by atoms with van der Waals surface area (Å²) in [6, 6.07) is 11.2. The van der Waals surface area contributed by atoms with E-state index in [9.17, 15) is 14.4 Å². The molecule has 33 heavy (non-hydrogen) atoms. The van der Waals surface area contributed by atoms with Crippen LogP contribution in [-0.4, -0.2) is 41.7 Å². The Balaban J connectivity index is 1.72. The molecule has 3 amide bonds. The fourth-order valence-electron chi connectivity index (χ4n) is 3.24. The number of nitrogens with zero attached hydrogens (tertiary/aromatic N) is 1. The number of ether oxygens (including phenoxy) is 2. The number of rotatable bonds is 9. The smallest absolute Gasteiger partial charge is 0.293 e. The first-order valence-corrected chi connectivity index (χ1v) is 12.0. The zero-order valence-corrected chi connectivity index (χ0v) is 21.0. The molecule has 0 spiro atoms. The van der Waals surface area contributed by atoms with E-state index in [0.717, 1.165) is 33.1 Å². The fraction of sp³-hybridized carbons (Fsp3) is 0.292. The molecule has 0 bridgehead atoms. The summed E-state index contributed by atoms with van der Waals surface area (Å²) in [6.07, 6.45) is 1.57. The van der Waals surface area contributed by atoms with Crippen LogP contribution in [0.4, 0.5) is 4.79 Å². The number of imide groups is 1. The Morgan fingerprint density at radius 2 is 1.91 bits per heavy atom. The number of aryl methyl sites for hydroxylation is 1. The average molecular weight is 533 g/mol. The lowest BCUT2D eigenvalue weighted by Crippen LogP contribution is -2.32. The maximum Gasteiger partial charge on any atom is 0.293 e. The van der Waals surface area contributed by atoms with E-state index in [0.29, 0.717) is 11.3 Å². The van der Waals surface area contributed by atoms with Gasteiger partial charge in [0, 0.05) is 10.0 Å². The first kappa shape index (κ1) is 24.9. The van der Waals surface area contributed by atoms with Crippen molar-refractivity contribution in [3.05, 3.63) is 62.5 Å². The average Bonchev–Trinajstić information content (AvgIpc) is 3.00. The standard InChI is InChI=1S/C24H25BrN2O5S/c1-14(2)18-6-4-15(3)10-20(18)31-9-8-27-23(29)21(33-24(27)30)12-16-11-17(25)5-7-19(16)32-13-22(26)28/h4-7,10-12,14H,8-9,13H2,1-3H3,(H2,26,28)/b21-12-. The molecule has 9 heteroatoms. The van der Waals surface area contributed by atoms with Gasteiger partial charge in [-0.25, -0.2) is 0 Å². The number of carbonyl (C=O) groups is 3. The largest absolute Gasteiger partial charge is 0.491 e. The summed E-state index contributed by atoms with van der Waals surface area (Å²) < 4.78 is 12.1. The van der Waals surface area contributed by atoms with E-state index >= 15 is 0 Å². The van der Waals surface area contributed by atoms with Gasteiger partial charge >= 0.3 is 0 Å². The van der Waals surface area contributed by atoms with Gasteiger partial charge in [0.15, 0.2) is 6.61 Å². The van der Waals surface area contributed by atoms with Gasteiger partial charge in [0.25, 0.3) is 17.1 Å². The predicted molar refractivity (Wildman–Crippen MR) is 132 cm³/mol. The first-order valence-electron chi connectivity index (χ1n) is 10.3. The Labute approximate surface area is 205 Å². The van der Waals surface area contributed by atoms with E-state index in [2.05, 4.69) is 29.8 Å². The van der Waals surface area contributed by atoms with Gasteiger partial charge in [0.05, 0.1) is 11.4 Å². The molecule has 0 radical (unpaired) electrons. The van der Waals surface area contributed by atoms with Crippen molar-refractivity contribution in [2.24, 2.45) is 5.73 Å². The molecule has 1 fully saturated rings. The Bertz CT molecular complexity index is 1120. The van der Waals surface area contributed by atoms with Crippen molar-refractivity contribution in [3.63, 3.8) is 0 Å². The van der Waals surface area contributed by atoms with Crippen LogP contribution in [-0.2, 0) is 9.59 Å².